The van der Waals surface area contributed by atoms with Crippen LogP contribution in [0.25, 0.3) is 0 Å². The van der Waals surface area contributed by atoms with Gasteiger partial charge in [0.15, 0.2) is 0 Å². The summed E-state index contributed by atoms with van der Waals surface area (Å²) in [5.41, 5.74) is 4.29. The predicted octanol–water partition coefficient (Wildman–Crippen LogP) is 4.59. The van der Waals surface area contributed by atoms with E-state index >= 15 is 0 Å². The van der Waals surface area contributed by atoms with E-state index in [0.29, 0.717) is 35.0 Å². The summed E-state index contributed by atoms with van der Waals surface area (Å²) < 4.78 is 21.2. The summed E-state index contributed by atoms with van der Waals surface area (Å²) in [6, 6.07) is 9.40. The van der Waals surface area contributed by atoms with Crippen molar-refractivity contribution >= 4 is 29.2 Å². The van der Waals surface area contributed by atoms with Crippen LogP contribution in [0.1, 0.15) is 32.9 Å². The monoisotopic (exact) mass is 471 g/mol. The number of hydrogen-bond acceptors (Lipinski definition) is 4. The molecule has 0 unspecified atom stereocenters. The normalized spacial score (nSPS) is 11.4. The van der Waals surface area contributed by atoms with Crippen LogP contribution in [0.3, 0.4) is 0 Å². The highest BCUT2D eigenvalue weighted by molar-refractivity contribution is 6.31. The third-order valence-corrected chi connectivity index (χ3v) is 5.61. The van der Waals surface area contributed by atoms with Gasteiger partial charge in [0, 0.05) is 29.9 Å². The van der Waals surface area contributed by atoms with Gasteiger partial charge in [-0.3, -0.25) is 19.8 Å². The Morgan fingerprint density at radius 1 is 1.21 bits per heavy atom. The van der Waals surface area contributed by atoms with Gasteiger partial charge in [0.2, 0.25) is 5.96 Å². The summed E-state index contributed by atoms with van der Waals surface area (Å²) in [6.45, 7) is 5.99. The predicted molar refractivity (Wildman–Crippen MR) is 129 cm³/mol. The number of ether oxygens (including phenoxy) is 1. The molecule has 0 aliphatic rings. The van der Waals surface area contributed by atoms with E-state index in [4.69, 9.17) is 16.3 Å². The Bertz CT molecular complexity index is 1210. The first-order chi connectivity index (χ1) is 15.7. The Kier molecular flexibility index (Phi) is 7.71. The van der Waals surface area contributed by atoms with Gasteiger partial charge in [-0.2, -0.15) is 5.10 Å². The molecule has 0 bridgehead atoms. The highest BCUT2D eigenvalue weighted by Crippen LogP contribution is 2.27. The molecule has 0 atom stereocenters. The second kappa shape index (κ2) is 10.5. The molecule has 0 fully saturated rings. The first-order valence-corrected chi connectivity index (χ1v) is 10.8. The maximum absolute atomic E-state index is 14.0. The highest BCUT2D eigenvalue weighted by Gasteiger charge is 2.14. The minimum absolute atomic E-state index is 0.185. The molecule has 0 aliphatic carbocycles. The van der Waals surface area contributed by atoms with Crippen molar-refractivity contribution in [2.24, 2.45) is 12.0 Å². The van der Waals surface area contributed by atoms with E-state index in [9.17, 15) is 9.18 Å². The van der Waals surface area contributed by atoms with Crippen molar-refractivity contribution in [3.63, 3.8) is 0 Å². The molecule has 0 saturated heterocycles. The second-order valence-corrected chi connectivity index (χ2v) is 8.08. The first kappa shape index (κ1) is 24.3. The van der Waals surface area contributed by atoms with Gasteiger partial charge in [-0.15, -0.1) is 0 Å². The number of benzene rings is 2. The molecule has 0 radical (unpaired) electrons. The lowest BCUT2D eigenvalue weighted by Gasteiger charge is -2.15. The number of guanidine groups is 1. The van der Waals surface area contributed by atoms with Crippen LogP contribution in [0.2, 0.25) is 5.02 Å². The molecule has 1 amide bonds. The molecule has 174 valence electrons. The molecular weight excluding hydrogens is 445 g/mol. The summed E-state index contributed by atoms with van der Waals surface area (Å²) in [4.78, 5) is 17.4. The number of rotatable bonds is 6. The van der Waals surface area contributed by atoms with E-state index < -0.39 is 11.7 Å². The zero-order valence-electron chi connectivity index (χ0n) is 19.3. The number of carbonyl (C=O) groups excluding carboxylic acids is 1. The first-order valence-electron chi connectivity index (χ1n) is 10.4. The number of aliphatic imine (C=N–C) groups is 1. The fourth-order valence-corrected chi connectivity index (χ4v) is 3.56. The number of hydrogen-bond donors (Lipinski definition) is 2. The zero-order valence-corrected chi connectivity index (χ0v) is 20.0. The molecule has 2 N–H and O–H groups in total. The Hall–Kier alpha value is -3.39. The average Bonchev–Trinajstić information content (AvgIpc) is 3.01. The van der Waals surface area contributed by atoms with E-state index in [0.717, 1.165) is 17.0 Å². The van der Waals surface area contributed by atoms with Crippen molar-refractivity contribution < 1.29 is 13.9 Å². The number of nitrogens with zero attached hydrogens (tertiary/aromatic N) is 3. The van der Waals surface area contributed by atoms with Gasteiger partial charge in [0.25, 0.3) is 5.91 Å². The number of methoxy groups -OCH3 is 1. The molecule has 3 rings (SSSR count). The van der Waals surface area contributed by atoms with E-state index in [2.05, 4.69) is 20.7 Å². The lowest BCUT2D eigenvalue weighted by molar-refractivity contribution is 0.0976. The van der Waals surface area contributed by atoms with Crippen molar-refractivity contribution in [2.75, 3.05) is 19.0 Å². The minimum Gasteiger partial charge on any atom is -0.495 e. The minimum atomic E-state index is -0.491. The fourth-order valence-electron chi connectivity index (χ4n) is 3.39. The lowest BCUT2D eigenvalue weighted by Crippen LogP contribution is -2.36. The highest BCUT2D eigenvalue weighted by atomic mass is 35.5. The molecule has 9 heteroatoms. The maximum atomic E-state index is 14.0. The number of amides is 1. The number of halogens is 2. The number of aromatic nitrogens is 2. The maximum Gasteiger partial charge on any atom is 0.258 e. The fraction of sp³-hybridized carbons (Fsp3) is 0.292. The Morgan fingerprint density at radius 3 is 2.61 bits per heavy atom. The molecule has 2 aromatic carbocycles. The SMILES string of the molecule is COc1ccc(Cl)cc1NC(=NCCc1c(C)nn(C)c1C)NC(=O)c1ccc(C)c(F)c1. The summed E-state index contributed by atoms with van der Waals surface area (Å²) in [6.07, 6.45) is 0.637. The Morgan fingerprint density at radius 2 is 1.97 bits per heavy atom. The third kappa shape index (κ3) is 5.90. The average molecular weight is 472 g/mol. The van der Waals surface area contributed by atoms with Crippen LogP contribution in [0.4, 0.5) is 10.1 Å². The van der Waals surface area contributed by atoms with Crippen molar-refractivity contribution in [2.45, 2.75) is 27.2 Å². The molecule has 7 nitrogen and oxygen atoms in total. The van der Waals surface area contributed by atoms with Crippen molar-refractivity contribution in [1.29, 1.82) is 0 Å². The van der Waals surface area contributed by atoms with Gasteiger partial charge in [-0.1, -0.05) is 17.7 Å². The summed E-state index contributed by atoms with van der Waals surface area (Å²) in [5.74, 6) is -0.217. The molecule has 3 aromatic rings. The molecule has 0 spiro atoms. The van der Waals surface area contributed by atoms with Gasteiger partial charge >= 0.3 is 0 Å². The van der Waals surface area contributed by atoms with E-state index in [1.807, 2.05) is 25.6 Å². The van der Waals surface area contributed by atoms with E-state index in [-0.39, 0.29) is 11.5 Å². The van der Waals surface area contributed by atoms with Crippen LogP contribution in [0.5, 0.6) is 5.75 Å². The standard InChI is InChI=1S/C24H27ClFN5O2/c1-14-6-7-17(12-20(14)26)23(32)29-24(28-21-13-18(25)8-9-22(21)33-5)27-11-10-19-15(2)30-31(4)16(19)3/h6-9,12-13H,10-11H2,1-5H3,(H2,27,28,29,32). The van der Waals surface area contributed by atoms with E-state index in [1.165, 1.54) is 13.2 Å². The molecule has 0 saturated carbocycles. The largest absolute Gasteiger partial charge is 0.495 e. The lowest BCUT2D eigenvalue weighted by atomic mass is 10.1. The third-order valence-electron chi connectivity index (χ3n) is 5.37. The van der Waals surface area contributed by atoms with Crippen LogP contribution < -0.4 is 15.4 Å². The van der Waals surface area contributed by atoms with Crippen molar-refractivity contribution in [3.05, 3.63) is 75.3 Å². The molecule has 1 aromatic heterocycles. The van der Waals surface area contributed by atoms with Crippen LogP contribution in [0.15, 0.2) is 41.4 Å². The van der Waals surface area contributed by atoms with Crippen LogP contribution in [-0.2, 0) is 13.5 Å². The van der Waals surface area contributed by atoms with Gasteiger partial charge < -0.3 is 10.1 Å². The van der Waals surface area contributed by atoms with E-state index in [1.54, 1.807) is 37.3 Å². The number of carbonyl (C=O) groups is 1. The number of nitrogens with one attached hydrogen (secondary N) is 2. The summed E-state index contributed by atoms with van der Waals surface area (Å²) >= 11 is 6.14. The Balaban J connectivity index is 1.86. The second-order valence-electron chi connectivity index (χ2n) is 7.64. The van der Waals surface area contributed by atoms with Gasteiger partial charge in [0.1, 0.15) is 11.6 Å². The smallest absolute Gasteiger partial charge is 0.258 e. The zero-order chi connectivity index (χ0) is 24.1. The molecular formula is C24H27ClFN5O2. The van der Waals surface area contributed by atoms with Gasteiger partial charge in [-0.05, 0) is 68.7 Å². The van der Waals surface area contributed by atoms with Crippen LogP contribution in [-0.4, -0.2) is 35.3 Å². The quantitative estimate of drug-likeness (QED) is 0.407. The van der Waals surface area contributed by atoms with Crippen LogP contribution in [0, 0.1) is 26.6 Å². The van der Waals surface area contributed by atoms with Crippen LogP contribution >= 0.6 is 11.6 Å². The Labute approximate surface area is 197 Å². The van der Waals surface area contributed by atoms with Crippen molar-refractivity contribution in [1.82, 2.24) is 15.1 Å². The molecule has 0 aliphatic heterocycles. The number of anilines is 1. The topological polar surface area (TPSA) is 80.5 Å². The summed E-state index contributed by atoms with van der Waals surface area (Å²) in [7, 11) is 3.43. The summed E-state index contributed by atoms with van der Waals surface area (Å²) in [5, 5.41) is 10.7. The van der Waals surface area contributed by atoms with Crippen molar-refractivity contribution in [3.8, 4) is 5.75 Å². The molecule has 33 heavy (non-hydrogen) atoms. The van der Waals surface area contributed by atoms with Gasteiger partial charge in [0.05, 0.1) is 18.5 Å². The van der Waals surface area contributed by atoms with Gasteiger partial charge in [-0.25, -0.2) is 4.39 Å². The molecule has 1 heterocycles. The number of aryl methyl sites for hydroxylation is 3.